The molecule has 0 aliphatic heterocycles. The Balaban J connectivity index is 3.38. The fraction of sp³-hybridized carbons (Fsp3) is 0.273. The van der Waals surface area contributed by atoms with Crippen molar-refractivity contribution in [2.45, 2.75) is 19.8 Å². The number of carbonyl (C=O) groups is 1. The maximum atomic E-state index is 11.4. The lowest BCUT2D eigenvalue weighted by Crippen LogP contribution is -2.11. The SMILES string of the molecule is CC(C)c1cccc(C(=O)O)c(=O)c1. The molecule has 3 heteroatoms. The predicted octanol–water partition coefficient (Wildman–Crippen LogP) is 1.87. The highest BCUT2D eigenvalue weighted by molar-refractivity contribution is 5.87. The van der Waals surface area contributed by atoms with Crippen LogP contribution in [0.2, 0.25) is 0 Å². The molecule has 0 radical (unpaired) electrons. The zero-order valence-electron chi connectivity index (χ0n) is 8.15. The Morgan fingerprint density at radius 2 is 2.00 bits per heavy atom. The Labute approximate surface area is 82.0 Å². The highest BCUT2D eigenvalue weighted by atomic mass is 16.4. The summed E-state index contributed by atoms with van der Waals surface area (Å²) in [6.07, 6.45) is 0. The molecular formula is C11H12O3. The minimum Gasteiger partial charge on any atom is -0.478 e. The van der Waals surface area contributed by atoms with Crippen molar-refractivity contribution in [1.82, 2.24) is 0 Å². The molecule has 0 heterocycles. The third-order valence-corrected chi connectivity index (χ3v) is 2.01. The minimum atomic E-state index is -1.18. The first kappa shape index (κ1) is 10.4. The molecule has 1 aromatic carbocycles. The van der Waals surface area contributed by atoms with Gasteiger partial charge in [0.25, 0.3) is 0 Å². The monoisotopic (exact) mass is 192 g/mol. The van der Waals surface area contributed by atoms with Crippen molar-refractivity contribution in [1.29, 1.82) is 0 Å². The molecule has 1 N–H and O–H groups in total. The first-order valence-electron chi connectivity index (χ1n) is 4.40. The van der Waals surface area contributed by atoms with Gasteiger partial charge in [-0.15, -0.1) is 0 Å². The lowest BCUT2D eigenvalue weighted by molar-refractivity contribution is 0.0695. The molecule has 0 aromatic heterocycles. The van der Waals surface area contributed by atoms with Crippen LogP contribution in [0.25, 0.3) is 0 Å². The van der Waals surface area contributed by atoms with E-state index in [2.05, 4.69) is 0 Å². The zero-order valence-corrected chi connectivity index (χ0v) is 8.15. The van der Waals surface area contributed by atoms with E-state index >= 15 is 0 Å². The lowest BCUT2D eigenvalue weighted by Gasteiger charge is -1.99. The molecule has 3 nitrogen and oxygen atoms in total. The van der Waals surface area contributed by atoms with Gasteiger partial charge in [-0.2, -0.15) is 0 Å². The van der Waals surface area contributed by atoms with Crippen LogP contribution in [0.4, 0.5) is 0 Å². The molecule has 0 aliphatic carbocycles. The molecule has 0 unspecified atom stereocenters. The first-order valence-corrected chi connectivity index (χ1v) is 4.40. The Morgan fingerprint density at radius 3 is 2.50 bits per heavy atom. The van der Waals surface area contributed by atoms with Crippen LogP contribution in [-0.2, 0) is 0 Å². The third-order valence-electron chi connectivity index (χ3n) is 2.01. The molecule has 0 spiro atoms. The van der Waals surface area contributed by atoms with Gasteiger partial charge >= 0.3 is 5.97 Å². The van der Waals surface area contributed by atoms with E-state index in [0.717, 1.165) is 5.56 Å². The Hall–Kier alpha value is -1.64. The molecule has 74 valence electrons. The topological polar surface area (TPSA) is 54.4 Å². The molecule has 0 saturated heterocycles. The Morgan fingerprint density at radius 1 is 1.36 bits per heavy atom. The fourth-order valence-electron chi connectivity index (χ4n) is 1.15. The molecule has 0 saturated carbocycles. The van der Waals surface area contributed by atoms with Gasteiger partial charge in [0, 0.05) is 0 Å². The van der Waals surface area contributed by atoms with E-state index < -0.39 is 11.4 Å². The summed E-state index contributed by atoms with van der Waals surface area (Å²) in [6, 6.07) is 6.07. The minimum absolute atomic E-state index is 0.183. The van der Waals surface area contributed by atoms with Gasteiger partial charge in [-0.1, -0.05) is 26.0 Å². The van der Waals surface area contributed by atoms with Crippen molar-refractivity contribution in [2.75, 3.05) is 0 Å². The van der Waals surface area contributed by atoms with Gasteiger partial charge < -0.3 is 5.11 Å². The summed E-state index contributed by atoms with van der Waals surface area (Å²) < 4.78 is 0. The molecule has 1 aromatic rings. The largest absolute Gasteiger partial charge is 0.478 e. The summed E-state index contributed by atoms with van der Waals surface area (Å²) in [5, 5.41) is 8.71. The van der Waals surface area contributed by atoms with E-state index in [1.165, 1.54) is 12.1 Å². The molecule has 0 fully saturated rings. The van der Waals surface area contributed by atoms with Gasteiger partial charge in [-0.25, -0.2) is 4.79 Å². The third kappa shape index (κ3) is 2.19. The van der Waals surface area contributed by atoms with E-state index in [4.69, 9.17) is 5.11 Å². The summed E-state index contributed by atoms with van der Waals surface area (Å²) in [5.74, 6) is -0.961. The van der Waals surface area contributed by atoms with Crippen LogP contribution in [-0.4, -0.2) is 11.1 Å². The van der Waals surface area contributed by atoms with Crippen molar-refractivity contribution in [3.8, 4) is 0 Å². The molecule has 0 amide bonds. The van der Waals surface area contributed by atoms with Crippen LogP contribution >= 0.6 is 0 Å². The van der Waals surface area contributed by atoms with Crippen molar-refractivity contribution in [2.24, 2.45) is 0 Å². The van der Waals surface area contributed by atoms with Crippen LogP contribution in [0, 0.1) is 0 Å². The van der Waals surface area contributed by atoms with E-state index in [1.807, 2.05) is 13.8 Å². The van der Waals surface area contributed by atoms with E-state index in [-0.39, 0.29) is 11.5 Å². The first-order chi connectivity index (χ1) is 6.52. The highest BCUT2D eigenvalue weighted by Crippen LogP contribution is 2.10. The molecule has 0 aliphatic rings. The van der Waals surface area contributed by atoms with Crippen molar-refractivity contribution in [3.05, 3.63) is 45.6 Å². The normalized spacial score (nSPS) is 10.2. The van der Waals surface area contributed by atoms with Gasteiger partial charge in [0.2, 0.25) is 0 Å². The molecule has 0 atom stereocenters. The predicted molar refractivity (Wildman–Crippen MR) is 53.8 cm³/mol. The van der Waals surface area contributed by atoms with Crippen molar-refractivity contribution < 1.29 is 9.90 Å². The van der Waals surface area contributed by atoms with Gasteiger partial charge in [-0.05, 0) is 23.6 Å². The second-order valence-electron chi connectivity index (χ2n) is 3.41. The molecule has 1 rings (SSSR count). The highest BCUT2D eigenvalue weighted by Gasteiger charge is 2.07. The van der Waals surface area contributed by atoms with Gasteiger partial charge in [0.05, 0.1) is 0 Å². The quantitative estimate of drug-likeness (QED) is 0.778. The van der Waals surface area contributed by atoms with Crippen LogP contribution in [0.1, 0.15) is 35.7 Å². The number of hydrogen-bond acceptors (Lipinski definition) is 2. The summed E-state index contributed by atoms with van der Waals surface area (Å²) in [4.78, 5) is 22.0. The maximum Gasteiger partial charge on any atom is 0.339 e. The Bertz CT molecular complexity index is 408. The average molecular weight is 192 g/mol. The van der Waals surface area contributed by atoms with Crippen molar-refractivity contribution >= 4 is 5.97 Å². The second kappa shape index (κ2) is 4.05. The van der Waals surface area contributed by atoms with E-state index in [1.54, 1.807) is 12.1 Å². The number of carboxylic acid groups (broad SMARTS) is 1. The standard InChI is InChI=1S/C11H12O3/c1-7(2)8-4-3-5-9(11(13)14)10(12)6-8/h3-7H,1-2H3,(H,13,14). The van der Waals surface area contributed by atoms with Crippen LogP contribution < -0.4 is 5.43 Å². The number of carboxylic acids is 1. The zero-order chi connectivity index (χ0) is 10.7. The van der Waals surface area contributed by atoms with E-state index in [9.17, 15) is 9.59 Å². The average Bonchev–Trinajstić information content (AvgIpc) is 2.26. The molecular weight excluding hydrogens is 180 g/mol. The van der Waals surface area contributed by atoms with Crippen LogP contribution in [0.3, 0.4) is 0 Å². The van der Waals surface area contributed by atoms with Gasteiger partial charge in [-0.3, -0.25) is 4.79 Å². The van der Waals surface area contributed by atoms with Crippen LogP contribution in [0.5, 0.6) is 0 Å². The smallest absolute Gasteiger partial charge is 0.339 e. The molecule has 14 heavy (non-hydrogen) atoms. The summed E-state index contributed by atoms with van der Waals surface area (Å²) in [6.45, 7) is 3.91. The number of hydrogen-bond donors (Lipinski definition) is 1. The second-order valence-corrected chi connectivity index (χ2v) is 3.41. The summed E-state index contributed by atoms with van der Waals surface area (Å²) in [7, 11) is 0. The maximum absolute atomic E-state index is 11.4. The fourth-order valence-corrected chi connectivity index (χ4v) is 1.15. The van der Waals surface area contributed by atoms with Crippen LogP contribution in [0.15, 0.2) is 29.1 Å². The number of aromatic carboxylic acids is 1. The van der Waals surface area contributed by atoms with E-state index in [0.29, 0.717) is 0 Å². The Kier molecular flexibility index (Phi) is 3.02. The summed E-state index contributed by atoms with van der Waals surface area (Å²) in [5.41, 5.74) is 0.227. The van der Waals surface area contributed by atoms with Gasteiger partial charge in [0.15, 0.2) is 5.43 Å². The summed E-state index contributed by atoms with van der Waals surface area (Å²) >= 11 is 0. The lowest BCUT2D eigenvalue weighted by atomic mass is 10.1. The van der Waals surface area contributed by atoms with Gasteiger partial charge in [0.1, 0.15) is 5.56 Å². The number of rotatable bonds is 2. The van der Waals surface area contributed by atoms with Crippen molar-refractivity contribution in [3.63, 3.8) is 0 Å². The molecule has 0 bridgehead atoms.